The number of furan rings is 1. The molecule has 0 bridgehead atoms. The number of rotatable bonds is 7. The molecule has 11 rings (SSSR count). The van der Waals surface area contributed by atoms with Crippen LogP contribution in [-0.2, 0) is 0 Å². The lowest BCUT2D eigenvalue weighted by Gasteiger charge is -2.24. The molecule has 0 aliphatic rings. The van der Waals surface area contributed by atoms with Crippen LogP contribution in [0.25, 0.3) is 82.8 Å². The van der Waals surface area contributed by atoms with Crippen molar-refractivity contribution in [2.24, 2.45) is 0 Å². The number of hydrogen-bond donors (Lipinski definition) is 0. The maximum Gasteiger partial charge on any atom is 0.137 e. The Hall–Kier alpha value is -7.69. The van der Waals surface area contributed by atoms with Crippen LogP contribution in [0.3, 0.4) is 0 Å². The normalized spacial score (nSPS) is 11.5. The molecule has 4 heteroatoms. The van der Waals surface area contributed by atoms with E-state index in [1.165, 1.54) is 21.8 Å². The zero-order valence-electron chi connectivity index (χ0n) is 31.0. The minimum Gasteiger partial charge on any atom is -0.456 e. The molecule has 0 saturated carbocycles. The molecule has 0 spiro atoms. The molecule has 57 heavy (non-hydrogen) atoms. The highest BCUT2D eigenvalue weighted by Gasteiger charge is 2.17. The van der Waals surface area contributed by atoms with Crippen LogP contribution in [0.2, 0.25) is 0 Å². The third-order valence-electron chi connectivity index (χ3n) is 11.0. The maximum absolute atomic E-state index is 6.36. The molecule has 0 atom stereocenters. The van der Waals surface area contributed by atoms with E-state index in [0.29, 0.717) is 0 Å². The molecular formula is C53H35N3O. The highest BCUT2D eigenvalue weighted by molar-refractivity contribution is 6.11. The molecular weight excluding hydrogens is 695 g/mol. The van der Waals surface area contributed by atoms with E-state index in [1.807, 2.05) is 30.5 Å². The minimum absolute atomic E-state index is 0.850. The Bertz CT molecular complexity index is 3180. The molecule has 0 fully saturated rings. The monoisotopic (exact) mass is 729 g/mol. The van der Waals surface area contributed by atoms with E-state index in [2.05, 4.69) is 191 Å². The molecule has 268 valence electrons. The Morgan fingerprint density at radius 1 is 0.368 bits per heavy atom. The number of fused-ring (bicyclic) bond motifs is 6. The van der Waals surface area contributed by atoms with E-state index >= 15 is 0 Å². The van der Waals surface area contributed by atoms with E-state index in [0.717, 1.165) is 78.2 Å². The van der Waals surface area contributed by atoms with Crippen LogP contribution in [0, 0.1) is 0 Å². The van der Waals surface area contributed by atoms with E-state index < -0.39 is 0 Å². The quantitative estimate of drug-likeness (QED) is 0.164. The lowest BCUT2D eigenvalue weighted by atomic mass is 9.93. The number of aromatic nitrogens is 2. The summed E-state index contributed by atoms with van der Waals surface area (Å²) in [5, 5.41) is 4.69. The van der Waals surface area contributed by atoms with Gasteiger partial charge in [0.05, 0.1) is 11.0 Å². The molecule has 4 nitrogen and oxygen atoms in total. The second-order valence-electron chi connectivity index (χ2n) is 14.4. The van der Waals surface area contributed by atoms with Gasteiger partial charge in [-0.1, -0.05) is 103 Å². The van der Waals surface area contributed by atoms with Gasteiger partial charge in [-0.15, -0.1) is 0 Å². The average Bonchev–Trinajstić information content (AvgIpc) is 3.83. The molecule has 0 N–H and O–H groups in total. The first-order valence-electron chi connectivity index (χ1n) is 19.3. The first-order chi connectivity index (χ1) is 28.2. The Labute approximate surface area is 330 Å². The summed E-state index contributed by atoms with van der Waals surface area (Å²) in [6.45, 7) is 0. The van der Waals surface area contributed by atoms with E-state index in [9.17, 15) is 0 Å². The van der Waals surface area contributed by atoms with Gasteiger partial charge in [0.25, 0.3) is 0 Å². The average molecular weight is 730 g/mol. The van der Waals surface area contributed by atoms with Gasteiger partial charge in [-0.05, 0) is 131 Å². The lowest BCUT2D eigenvalue weighted by Crippen LogP contribution is -2.11. The zero-order valence-corrected chi connectivity index (χ0v) is 31.0. The Balaban J connectivity index is 1.07. The van der Waals surface area contributed by atoms with Gasteiger partial charge in [0, 0.05) is 50.4 Å². The van der Waals surface area contributed by atoms with Crippen molar-refractivity contribution in [2.45, 2.75) is 0 Å². The molecule has 11 aromatic rings. The topological polar surface area (TPSA) is 34.2 Å². The molecule has 3 aromatic heterocycles. The third-order valence-corrected chi connectivity index (χ3v) is 11.0. The SMILES string of the molecule is c1ccc(N(c2ccccc2)c2ccc(-c3cc(-c4ccc5c(c4)oc4ccccc45)cc(-c4ccc5c(c4)c4ccccc4n5-c4ccccc4)c3)cn2)cc1. The standard InChI is InChI=1S/C53H35N3O/c1-4-14-42(15-5-1)55(43-16-6-2-7-17-43)53-29-26-38(35-54-53)41-31-39(30-40(32-41)37-24-27-47-46-21-11-13-23-51(46)57-52(47)34-37)36-25-28-50-48(33-36)45-20-10-12-22-49(45)56(50)44-18-8-3-9-19-44/h1-35H. The fraction of sp³-hybridized carbons (Fsp3) is 0. The predicted octanol–water partition coefficient (Wildman–Crippen LogP) is 14.5. The number of nitrogens with zero attached hydrogens (tertiary/aromatic N) is 3. The number of para-hydroxylation sites is 5. The van der Waals surface area contributed by atoms with Crippen LogP contribution in [-0.4, -0.2) is 9.55 Å². The van der Waals surface area contributed by atoms with Crippen molar-refractivity contribution in [3.8, 4) is 39.1 Å². The van der Waals surface area contributed by atoms with E-state index in [4.69, 9.17) is 9.40 Å². The fourth-order valence-electron chi connectivity index (χ4n) is 8.30. The van der Waals surface area contributed by atoms with Gasteiger partial charge < -0.3 is 8.98 Å². The summed E-state index contributed by atoms with van der Waals surface area (Å²) in [6.07, 6.45) is 2.00. The summed E-state index contributed by atoms with van der Waals surface area (Å²) < 4.78 is 8.73. The molecule has 8 aromatic carbocycles. The summed E-state index contributed by atoms with van der Waals surface area (Å²) in [6, 6.07) is 73.0. The molecule has 0 radical (unpaired) electrons. The van der Waals surface area contributed by atoms with Gasteiger partial charge >= 0.3 is 0 Å². The minimum atomic E-state index is 0.850. The van der Waals surface area contributed by atoms with Crippen molar-refractivity contribution in [2.75, 3.05) is 4.90 Å². The fourth-order valence-corrected chi connectivity index (χ4v) is 8.30. The third kappa shape index (κ3) is 5.74. The van der Waals surface area contributed by atoms with Crippen molar-refractivity contribution >= 4 is 60.9 Å². The first-order valence-corrected chi connectivity index (χ1v) is 19.3. The summed E-state index contributed by atoms with van der Waals surface area (Å²) in [4.78, 5) is 7.28. The second-order valence-corrected chi connectivity index (χ2v) is 14.4. The smallest absolute Gasteiger partial charge is 0.137 e. The number of benzene rings is 8. The van der Waals surface area contributed by atoms with Gasteiger partial charge in [0.1, 0.15) is 17.0 Å². The van der Waals surface area contributed by atoms with Crippen molar-refractivity contribution in [3.63, 3.8) is 0 Å². The molecule has 0 unspecified atom stereocenters. The van der Waals surface area contributed by atoms with Gasteiger partial charge in [0.15, 0.2) is 0 Å². The Morgan fingerprint density at radius 2 is 0.912 bits per heavy atom. The highest BCUT2D eigenvalue weighted by Crippen LogP contribution is 2.40. The predicted molar refractivity (Wildman–Crippen MR) is 237 cm³/mol. The molecule has 3 heterocycles. The summed E-state index contributed by atoms with van der Waals surface area (Å²) in [7, 11) is 0. The zero-order chi connectivity index (χ0) is 37.7. The van der Waals surface area contributed by atoms with Crippen molar-refractivity contribution in [1.29, 1.82) is 0 Å². The van der Waals surface area contributed by atoms with Crippen LogP contribution in [0.4, 0.5) is 17.2 Å². The molecule has 0 aliphatic heterocycles. The van der Waals surface area contributed by atoms with E-state index in [1.54, 1.807) is 0 Å². The molecule has 0 amide bonds. The largest absolute Gasteiger partial charge is 0.456 e. The van der Waals surface area contributed by atoms with Gasteiger partial charge in [0.2, 0.25) is 0 Å². The van der Waals surface area contributed by atoms with Crippen molar-refractivity contribution in [1.82, 2.24) is 9.55 Å². The number of pyridine rings is 1. The van der Waals surface area contributed by atoms with Crippen LogP contribution < -0.4 is 4.90 Å². The van der Waals surface area contributed by atoms with Gasteiger partial charge in [-0.3, -0.25) is 4.90 Å². The number of hydrogen-bond acceptors (Lipinski definition) is 3. The second kappa shape index (κ2) is 13.6. The van der Waals surface area contributed by atoms with Gasteiger partial charge in [-0.25, -0.2) is 4.98 Å². The van der Waals surface area contributed by atoms with Crippen molar-refractivity contribution in [3.05, 3.63) is 212 Å². The molecule has 0 saturated heterocycles. The van der Waals surface area contributed by atoms with Crippen LogP contribution in [0.5, 0.6) is 0 Å². The van der Waals surface area contributed by atoms with Crippen molar-refractivity contribution < 1.29 is 4.42 Å². The Morgan fingerprint density at radius 3 is 1.61 bits per heavy atom. The number of anilines is 3. The summed E-state index contributed by atoms with van der Waals surface area (Å²) in [5.41, 5.74) is 14.0. The maximum atomic E-state index is 6.36. The van der Waals surface area contributed by atoms with Crippen LogP contribution >= 0.6 is 0 Å². The lowest BCUT2D eigenvalue weighted by molar-refractivity contribution is 0.669. The van der Waals surface area contributed by atoms with E-state index in [-0.39, 0.29) is 0 Å². The summed E-state index contributed by atoms with van der Waals surface area (Å²) >= 11 is 0. The van der Waals surface area contributed by atoms with Gasteiger partial charge in [-0.2, -0.15) is 0 Å². The highest BCUT2D eigenvalue weighted by atomic mass is 16.3. The first kappa shape index (κ1) is 32.7. The summed E-state index contributed by atoms with van der Waals surface area (Å²) in [5.74, 6) is 0.850. The van der Waals surface area contributed by atoms with Crippen LogP contribution in [0.1, 0.15) is 0 Å². The Kier molecular flexibility index (Phi) is 7.78. The molecule has 0 aliphatic carbocycles. The van der Waals surface area contributed by atoms with Crippen LogP contribution in [0.15, 0.2) is 217 Å².